The van der Waals surface area contributed by atoms with Crippen molar-refractivity contribution >= 4 is 17.6 Å². The molecule has 0 radical (unpaired) electrons. The Balaban J connectivity index is 1.38. The molecule has 0 unspecified atom stereocenters. The predicted octanol–water partition coefficient (Wildman–Crippen LogP) is 2.28. The summed E-state index contributed by atoms with van der Waals surface area (Å²) < 4.78 is 19.1. The summed E-state index contributed by atoms with van der Waals surface area (Å²) in [6.07, 6.45) is 5.33. The monoisotopic (exact) mass is 403 g/mol. The van der Waals surface area contributed by atoms with Gasteiger partial charge < -0.3 is 14.5 Å². The van der Waals surface area contributed by atoms with Crippen molar-refractivity contribution in [1.82, 2.24) is 9.80 Å². The van der Waals surface area contributed by atoms with Gasteiger partial charge in [0, 0.05) is 32.2 Å². The third kappa shape index (κ3) is 4.10. The minimum absolute atomic E-state index is 0.0540. The molecule has 3 fully saturated rings. The van der Waals surface area contributed by atoms with E-state index >= 15 is 0 Å². The summed E-state index contributed by atoms with van der Waals surface area (Å²) in [5, 5.41) is 0. The number of carbonyl (C=O) groups excluding carboxylic acids is 2. The lowest BCUT2D eigenvalue weighted by Crippen LogP contribution is -2.53. The van der Waals surface area contributed by atoms with Crippen molar-refractivity contribution in [3.8, 4) is 0 Å². The van der Waals surface area contributed by atoms with Gasteiger partial charge in [-0.25, -0.2) is 4.39 Å². The van der Waals surface area contributed by atoms with E-state index in [0.717, 1.165) is 25.7 Å². The fraction of sp³-hybridized carbons (Fsp3) is 0.636. The molecule has 0 spiro atoms. The highest BCUT2D eigenvalue weighted by atomic mass is 19.1. The molecule has 3 atom stereocenters. The third-order valence-corrected chi connectivity index (χ3v) is 6.84. The third-order valence-electron chi connectivity index (χ3n) is 6.84. The van der Waals surface area contributed by atoms with Crippen LogP contribution in [0.1, 0.15) is 32.1 Å². The molecule has 7 heteroatoms. The van der Waals surface area contributed by atoms with E-state index in [0.29, 0.717) is 43.8 Å². The topological polar surface area (TPSA) is 53.1 Å². The van der Waals surface area contributed by atoms with E-state index in [1.807, 2.05) is 15.9 Å². The first-order valence-corrected chi connectivity index (χ1v) is 10.7. The lowest BCUT2D eigenvalue weighted by Gasteiger charge is -2.38. The van der Waals surface area contributed by atoms with E-state index in [4.69, 9.17) is 4.74 Å². The van der Waals surface area contributed by atoms with Gasteiger partial charge in [0.15, 0.2) is 0 Å². The highest BCUT2D eigenvalue weighted by molar-refractivity contribution is 5.81. The SMILES string of the molecule is COC(=O)[C@@H]1C[C@@H]2CCCC[C@H]2N1CC(=O)N1CCN(c2ccccc2F)CC1. The van der Waals surface area contributed by atoms with Crippen LogP contribution in [0.2, 0.25) is 0 Å². The zero-order valence-electron chi connectivity index (χ0n) is 17.1. The molecule has 0 aromatic heterocycles. The van der Waals surface area contributed by atoms with Crippen LogP contribution < -0.4 is 4.90 Å². The van der Waals surface area contributed by atoms with Crippen molar-refractivity contribution in [2.45, 2.75) is 44.2 Å². The number of anilines is 1. The van der Waals surface area contributed by atoms with Gasteiger partial charge >= 0.3 is 5.97 Å². The number of esters is 1. The van der Waals surface area contributed by atoms with Gasteiger partial charge in [0.25, 0.3) is 0 Å². The number of nitrogens with zero attached hydrogens (tertiary/aromatic N) is 3. The molecule has 29 heavy (non-hydrogen) atoms. The van der Waals surface area contributed by atoms with Crippen LogP contribution in [-0.4, -0.2) is 73.6 Å². The molecule has 6 nitrogen and oxygen atoms in total. The predicted molar refractivity (Wildman–Crippen MR) is 108 cm³/mol. The summed E-state index contributed by atoms with van der Waals surface area (Å²) in [6, 6.07) is 6.75. The number of piperazine rings is 1. The lowest BCUT2D eigenvalue weighted by atomic mass is 9.85. The molecular formula is C22H30FN3O3. The van der Waals surface area contributed by atoms with E-state index < -0.39 is 0 Å². The minimum atomic E-state index is -0.309. The molecule has 2 saturated heterocycles. The quantitative estimate of drug-likeness (QED) is 0.722. The maximum atomic E-state index is 14.0. The zero-order valence-corrected chi connectivity index (χ0v) is 17.1. The fourth-order valence-electron chi connectivity index (χ4n) is 5.31. The molecule has 3 aliphatic rings. The number of amides is 1. The number of hydrogen-bond acceptors (Lipinski definition) is 5. The number of carbonyl (C=O) groups is 2. The zero-order chi connectivity index (χ0) is 20.4. The highest BCUT2D eigenvalue weighted by Gasteiger charge is 2.46. The Morgan fingerprint density at radius 3 is 2.55 bits per heavy atom. The van der Waals surface area contributed by atoms with E-state index in [1.54, 1.807) is 12.1 Å². The Kier molecular flexibility index (Phi) is 6.04. The molecule has 158 valence electrons. The molecular weight excluding hydrogens is 373 g/mol. The standard InChI is InChI=1S/C22H30FN3O3/c1-29-22(28)20-14-16-6-2-4-8-18(16)26(20)15-21(27)25-12-10-24(11-13-25)19-9-5-3-7-17(19)23/h3,5,7,9,16,18,20H,2,4,6,8,10-15H2,1H3/t16-,18+,20-/m0/s1. The van der Waals surface area contributed by atoms with Gasteiger partial charge in [0.1, 0.15) is 11.9 Å². The maximum Gasteiger partial charge on any atom is 0.323 e. The van der Waals surface area contributed by atoms with Crippen molar-refractivity contribution in [3.05, 3.63) is 30.1 Å². The van der Waals surface area contributed by atoms with Crippen LogP contribution in [-0.2, 0) is 14.3 Å². The Hall–Kier alpha value is -2.15. The molecule has 2 aliphatic heterocycles. The number of fused-ring (bicyclic) bond motifs is 1. The van der Waals surface area contributed by atoms with Gasteiger partial charge in [-0.3, -0.25) is 14.5 Å². The molecule has 1 saturated carbocycles. The van der Waals surface area contributed by atoms with Gasteiger partial charge in [0.2, 0.25) is 5.91 Å². The van der Waals surface area contributed by atoms with Crippen molar-refractivity contribution in [2.75, 3.05) is 44.7 Å². The van der Waals surface area contributed by atoms with Gasteiger partial charge in [-0.2, -0.15) is 0 Å². The minimum Gasteiger partial charge on any atom is -0.468 e. The fourth-order valence-corrected chi connectivity index (χ4v) is 5.31. The van der Waals surface area contributed by atoms with Gasteiger partial charge in [-0.1, -0.05) is 25.0 Å². The largest absolute Gasteiger partial charge is 0.468 e. The van der Waals surface area contributed by atoms with E-state index in [-0.39, 0.29) is 30.3 Å². The number of hydrogen-bond donors (Lipinski definition) is 0. The second-order valence-corrected chi connectivity index (χ2v) is 8.38. The van der Waals surface area contributed by atoms with Crippen molar-refractivity contribution in [3.63, 3.8) is 0 Å². The number of halogens is 1. The van der Waals surface area contributed by atoms with Crippen LogP contribution in [0.15, 0.2) is 24.3 Å². The number of benzene rings is 1. The Labute approximate surface area is 171 Å². The second-order valence-electron chi connectivity index (χ2n) is 8.38. The van der Waals surface area contributed by atoms with Gasteiger partial charge in [-0.05, 0) is 37.3 Å². The summed E-state index contributed by atoms with van der Waals surface area (Å²) in [7, 11) is 1.42. The molecule has 1 aromatic rings. The smallest absolute Gasteiger partial charge is 0.323 e. The molecule has 1 amide bonds. The van der Waals surface area contributed by atoms with Crippen LogP contribution in [0.3, 0.4) is 0 Å². The maximum absolute atomic E-state index is 14.0. The van der Waals surface area contributed by atoms with Gasteiger partial charge in [-0.15, -0.1) is 0 Å². The van der Waals surface area contributed by atoms with E-state index in [1.165, 1.54) is 19.6 Å². The van der Waals surface area contributed by atoms with E-state index in [9.17, 15) is 14.0 Å². The molecule has 1 aromatic carbocycles. The van der Waals surface area contributed by atoms with Crippen LogP contribution in [0.5, 0.6) is 0 Å². The number of rotatable bonds is 4. The molecule has 1 aliphatic carbocycles. The number of ether oxygens (including phenoxy) is 1. The Morgan fingerprint density at radius 2 is 1.83 bits per heavy atom. The van der Waals surface area contributed by atoms with E-state index in [2.05, 4.69) is 4.90 Å². The average Bonchev–Trinajstić information content (AvgIpc) is 3.12. The first-order valence-electron chi connectivity index (χ1n) is 10.7. The first kappa shape index (κ1) is 20.1. The Bertz CT molecular complexity index is 751. The summed E-state index contributed by atoms with van der Waals surface area (Å²) in [4.78, 5) is 31.3. The molecule has 0 bridgehead atoms. The molecule has 4 rings (SSSR count). The number of methoxy groups -OCH3 is 1. The normalized spacial score (nSPS) is 27.6. The molecule has 0 N–H and O–H groups in total. The van der Waals surface area contributed by atoms with Crippen LogP contribution in [0, 0.1) is 11.7 Å². The summed E-state index contributed by atoms with van der Waals surface area (Å²) in [5.41, 5.74) is 0.593. The summed E-state index contributed by atoms with van der Waals surface area (Å²) in [6.45, 7) is 2.62. The van der Waals surface area contributed by atoms with Crippen LogP contribution in [0.4, 0.5) is 10.1 Å². The van der Waals surface area contributed by atoms with Crippen LogP contribution >= 0.6 is 0 Å². The average molecular weight is 403 g/mol. The van der Waals surface area contributed by atoms with Crippen LogP contribution in [0.25, 0.3) is 0 Å². The molecule has 2 heterocycles. The van der Waals surface area contributed by atoms with Crippen molar-refractivity contribution in [2.24, 2.45) is 5.92 Å². The van der Waals surface area contributed by atoms with Gasteiger partial charge in [0.05, 0.1) is 19.3 Å². The van der Waals surface area contributed by atoms with Crippen molar-refractivity contribution < 1.29 is 18.7 Å². The highest BCUT2D eigenvalue weighted by Crippen LogP contribution is 2.40. The summed E-state index contributed by atoms with van der Waals surface area (Å²) >= 11 is 0. The number of para-hydroxylation sites is 1. The first-order chi connectivity index (χ1) is 14.1. The summed E-state index contributed by atoms with van der Waals surface area (Å²) in [5.74, 6) is 0.0852. The van der Waals surface area contributed by atoms with Crippen molar-refractivity contribution in [1.29, 1.82) is 0 Å². The Morgan fingerprint density at radius 1 is 1.10 bits per heavy atom. The lowest BCUT2D eigenvalue weighted by molar-refractivity contribution is -0.147. The second kappa shape index (κ2) is 8.69. The number of likely N-dealkylation sites (tertiary alicyclic amines) is 1.